The fourth-order valence-electron chi connectivity index (χ4n) is 0.895. The highest BCUT2D eigenvalue weighted by Gasteiger charge is 2.72. The summed E-state index contributed by atoms with van der Waals surface area (Å²) in [5.74, 6) is -1.32. The molecule has 1 atom stereocenters. The van der Waals surface area contributed by atoms with Crippen molar-refractivity contribution in [1.29, 1.82) is 0 Å². The Kier molecular flexibility index (Phi) is 3.04. The van der Waals surface area contributed by atoms with Crippen LogP contribution in [0.1, 0.15) is 19.8 Å². The Morgan fingerprint density at radius 2 is 2.14 bits per heavy atom. The van der Waals surface area contributed by atoms with E-state index in [2.05, 4.69) is 9.47 Å². The molecule has 1 rings (SSSR count). The van der Waals surface area contributed by atoms with Gasteiger partial charge in [0.25, 0.3) is 5.60 Å². The van der Waals surface area contributed by atoms with E-state index in [4.69, 9.17) is 0 Å². The Hall–Kier alpha value is -0.780. The third-order valence-corrected chi connectivity index (χ3v) is 1.95. The molecular formula is C8H11F3O3. The molecule has 0 amide bonds. The van der Waals surface area contributed by atoms with Gasteiger partial charge in [0.15, 0.2) is 0 Å². The van der Waals surface area contributed by atoms with Gasteiger partial charge in [0, 0.05) is 0 Å². The SMILES string of the molecule is CCCCOC(=O)C1(C(F)(F)F)CO1. The third kappa shape index (κ3) is 2.00. The Balaban J connectivity index is 2.45. The molecule has 0 bridgehead atoms. The highest BCUT2D eigenvalue weighted by atomic mass is 19.4. The van der Waals surface area contributed by atoms with E-state index in [1.807, 2.05) is 6.92 Å². The van der Waals surface area contributed by atoms with Gasteiger partial charge in [-0.2, -0.15) is 13.2 Å². The molecule has 0 aromatic rings. The molecule has 14 heavy (non-hydrogen) atoms. The van der Waals surface area contributed by atoms with Crippen molar-refractivity contribution < 1.29 is 27.4 Å². The molecule has 3 nitrogen and oxygen atoms in total. The van der Waals surface area contributed by atoms with E-state index in [1.165, 1.54) is 0 Å². The van der Waals surface area contributed by atoms with Gasteiger partial charge < -0.3 is 9.47 Å². The van der Waals surface area contributed by atoms with Crippen molar-refractivity contribution in [2.45, 2.75) is 31.5 Å². The molecule has 6 heteroatoms. The standard InChI is InChI=1S/C8H11F3O3/c1-2-3-4-13-6(12)7(5-14-7)8(9,10)11/h2-5H2,1H3. The number of rotatable bonds is 4. The first-order valence-electron chi connectivity index (χ1n) is 4.32. The van der Waals surface area contributed by atoms with Crippen molar-refractivity contribution in [3.63, 3.8) is 0 Å². The molecular weight excluding hydrogens is 201 g/mol. The smallest absolute Gasteiger partial charge is 0.430 e. The fraction of sp³-hybridized carbons (Fsp3) is 0.875. The van der Waals surface area contributed by atoms with Crippen molar-refractivity contribution in [2.75, 3.05) is 13.2 Å². The third-order valence-electron chi connectivity index (χ3n) is 1.95. The quantitative estimate of drug-likeness (QED) is 0.404. The monoisotopic (exact) mass is 212 g/mol. The molecule has 0 radical (unpaired) electrons. The van der Waals surface area contributed by atoms with Crippen LogP contribution in [-0.2, 0) is 14.3 Å². The Bertz CT molecular complexity index is 220. The minimum atomic E-state index is -4.67. The van der Waals surface area contributed by atoms with Gasteiger partial charge in [-0.05, 0) is 6.42 Å². The van der Waals surface area contributed by atoms with E-state index < -0.39 is 24.4 Å². The Morgan fingerprint density at radius 3 is 2.50 bits per heavy atom. The highest BCUT2D eigenvalue weighted by Crippen LogP contribution is 2.44. The summed E-state index contributed by atoms with van der Waals surface area (Å²) in [6, 6.07) is 0. The molecule has 0 spiro atoms. The van der Waals surface area contributed by atoms with Gasteiger partial charge in [-0.25, -0.2) is 4.79 Å². The van der Waals surface area contributed by atoms with Crippen molar-refractivity contribution in [3.8, 4) is 0 Å². The Labute approximate surface area is 79.2 Å². The van der Waals surface area contributed by atoms with Crippen molar-refractivity contribution in [1.82, 2.24) is 0 Å². The van der Waals surface area contributed by atoms with Crippen LogP contribution >= 0.6 is 0 Å². The number of hydrogen-bond donors (Lipinski definition) is 0. The summed E-state index contributed by atoms with van der Waals surface area (Å²) in [6.45, 7) is 1.24. The van der Waals surface area contributed by atoms with Crippen molar-refractivity contribution >= 4 is 5.97 Å². The van der Waals surface area contributed by atoms with Crippen LogP contribution in [0.25, 0.3) is 0 Å². The lowest BCUT2D eigenvalue weighted by Gasteiger charge is -2.14. The van der Waals surface area contributed by atoms with Crippen LogP contribution < -0.4 is 0 Å². The van der Waals surface area contributed by atoms with Crippen molar-refractivity contribution in [3.05, 3.63) is 0 Å². The molecule has 0 aliphatic carbocycles. The molecule has 1 unspecified atom stereocenters. The second kappa shape index (κ2) is 3.76. The first kappa shape index (κ1) is 11.3. The topological polar surface area (TPSA) is 38.8 Å². The number of epoxide rings is 1. The molecule has 1 heterocycles. The van der Waals surface area contributed by atoms with Gasteiger partial charge in [-0.3, -0.25) is 0 Å². The summed E-state index contributed by atoms with van der Waals surface area (Å²) >= 11 is 0. The van der Waals surface area contributed by atoms with E-state index in [1.54, 1.807) is 0 Å². The number of unbranched alkanes of at least 4 members (excludes halogenated alkanes) is 1. The molecule has 1 aliphatic rings. The average molecular weight is 212 g/mol. The van der Waals surface area contributed by atoms with Gasteiger partial charge >= 0.3 is 12.1 Å². The maximum absolute atomic E-state index is 12.2. The highest BCUT2D eigenvalue weighted by molar-refractivity contribution is 5.83. The number of alkyl halides is 3. The lowest BCUT2D eigenvalue weighted by molar-refractivity contribution is -0.203. The fourth-order valence-corrected chi connectivity index (χ4v) is 0.895. The molecule has 0 N–H and O–H groups in total. The van der Waals surface area contributed by atoms with Crippen LogP contribution in [0.15, 0.2) is 0 Å². The molecule has 1 saturated heterocycles. The van der Waals surface area contributed by atoms with E-state index in [9.17, 15) is 18.0 Å². The predicted octanol–water partition coefficient (Wildman–Crippen LogP) is 1.66. The number of ether oxygens (including phenoxy) is 2. The molecule has 0 aromatic heterocycles. The number of carbonyl (C=O) groups excluding carboxylic acids is 1. The van der Waals surface area contributed by atoms with Crippen LogP contribution in [0, 0.1) is 0 Å². The first-order chi connectivity index (χ1) is 6.44. The number of halogens is 3. The number of hydrogen-bond acceptors (Lipinski definition) is 3. The minimum Gasteiger partial charge on any atom is -0.463 e. The molecule has 0 aromatic carbocycles. The maximum atomic E-state index is 12.2. The van der Waals surface area contributed by atoms with Gasteiger partial charge in [-0.15, -0.1) is 0 Å². The predicted molar refractivity (Wildman–Crippen MR) is 40.6 cm³/mol. The summed E-state index contributed by atoms with van der Waals surface area (Å²) < 4.78 is 45.3. The number of carbonyl (C=O) groups is 1. The van der Waals surface area contributed by atoms with Gasteiger partial charge in [0.2, 0.25) is 0 Å². The number of esters is 1. The minimum absolute atomic E-state index is 0.0104. The zero-order valence-corrected chi connectivity index (χ0v) is 7.69. The van der Waals surface area contributed by atoms with E-state index in [0.29, 0.717) is 6.42 Å². The summed E-state index contributed by atoms with van der Waals surface area (Å²) in [4.78, 5) is 11.0. The van der Waals surface area contributed by atoms with Crippen molar-refractivity contribution in [2.24, 2.45) is 0 Å². The van der Waals surface area contributed by atoms with E-state index >= 15 is 0 Å². The molecule has 82 valence electrons. The maximum Gasteiger partial charge on any atom is 0.430 e. The normalized spacial score (nSPS) is 26.0. The second-order valence-electron chi connectivity index (χ2n) is 3.10. The van der Waals surface area contributed by atoms with E-state index in [-0.39, 0.29) is 6.61 Å². The largest absolute Gasteiger partial charge is 0.463 e. The van der Waals surface area contributed by atoms with Crippen LogP contribution in [0.2, 0.25) is 0 Å². The molecule has 1 aliphatic heterocycles. The second-order valence-corrected chi connectivity index (χ2v) is 3.10. The first-order valence-corrected chi connectivity index (χ1v) is 4.32. The van der Waals surface area contributed by atoms with Gasteiger partial charge in [0.05, 0.1) is 13.2 Å². The van der Waals surface area contributed by atoms with Gasteiger partial charge in [-0.1, -0.05) is 13.3 Å². The summed E-state index contributed by atoms with van der Waals surface area (Å²) in [5.41, 5.74) is -2.67. The summed E-state index contributed by atoms with van der Waals surface area (Å²) in [7, 11) is 0. The lowest BCUT2D eigenvalue weighted by atomic mass is 10.1. The van der Waals surface area contributed by atoms with Crippen LogP contribution in [0.4, 0.5) is 13.2 Å². The molecule has 0 saturated carbocycles. The summed E-state index contributed by atoms with van der Waals surface area (Å²) in [6.07, 6.45) is -3.36. The van der Waals surface area contributed by atoms with Crippen LogP contribution in [-0.4, -0.2) is 31.0 Å². The van der Waals surface area contributed by atoms with Crippen LogP contribution in [0.5, 0.6) is 0 Å². The van der Waals surface area contributed by atoms with Crippen LogP contribution in [0.3, 0.4) is 0 Å². The zero-order valence-electron chi connectivity index (χ0n) is 7.69. The Morgan fingerprint density at radius 1 is 1.57 bits per heavy atom. The average Bonchev–Trinajstić information content (AvgIpc) is 2.82. The zero-order chi connectivity index (χ0) is 10.8. The molecule has 1 fully saturated rings. The summed E-state index contributed by atoms with van der Waals surface area (Å²) in [5, 5.41) is 0. The van der Waals surface area contributed by atoms with E-state index in [0.717, 1.165) is 6.42 Å². The van der Waals surface area contributed by atoms with Gasteiger partial charge in [0.1, 0.15) is 0 Å². The lowest BCUT2D eigenvalue weighted by Crippen LogP contribution is -2.42.